The molecule has 1 aromatic rings. The van der Waals surface area contributed by atoms with E-state index in [1.54, 1.807) is 7.11 Å². The highest BCUT2D eigenvalue weighted by Crippen LogP contribution is 2.13. The third-order valence-electron chi connectivity index (χ3n) is 3.15. The quantitative estimate of drug-likeness (QED) is 0.730. The van der Waals surface area contributed by atoms with Crippen LogP contribution in [0.2, 0.25) is 0 Å². The molecule has 106 valence electrons. The van der Waals surface area contributed by atoms with Gasteiger partial charge in [0, 0.05) is 26.8 Å². The molecule has 1 atom stereocenters. The topological polar surface area (TPSA) is 39.7 Å². The molecule has 1 N–H and O–H groups in total. The summed E-state index contributed by atoms with van der Waals surface area (Å²) in [4.78, 5) is 0. The summed E-state index contributed by atoms with van der Waals surface area (Å²) in [5, 5.41) is 3.36. The molecule has 1 unspecified atom stereocenters. The fourth-order valence-corrected chi connectivity index (χ4v) is 2.20. The second-order valence-electron chi connectivity index (χ2n) is 4.77. The van der Waals surface area contributed by atoms with E-state index in [2.05, 4.69) is 5.32 Å². The monoisotopic (exact) mass is 265 g/mol. The molecule has 4 nitrogen and oxygen atoms in total. The van der Waals surface area contributed by atoms with Gasteiger partial charge in [0.25, 0.3) is 0 Å². The van der Waals surface area contributed by atoms with Crippen LogP contribution in [0, 0.1) is 0 Å². The molecule has 0 radical (unpaired) electrons. The van der Waals surface area contributed by atoms with Crippen molar-refractivity contribution in [1.29, 1.82) is 0 Å². The lowest BCUT2D eigenvalue weighted by Crippen LogP contribution is -2.29. The van der Waals surface area contributed by atoms with Crippen LogP contribution >= 0.6 is 0 Å². The molecule has 1 aliphatic rings. The van der Waals surface area contributed by atoms with Crippen molar-refractivity contribution < 1.29 is 14.2 Å². The van der Waals surface area contributed by atoms with E-state index in [4.69, 9.17) is 14.2 Å². The zero-order valence-electron chi connectivity index (χ0n) is 11.6. The van der Waals surface area contributed by atoms with Crippen molar-refractivity contribution in [3.8, 4) is 5.75 Å². The second kappa shape index (κ2) is 8.15. The van der Waals surface area contributed by atoms with Crippen LogP contribution in [0.5, 0.6) is 5.75 Å². The molecule has 1 saturated heterocycles. The largest absolute Gasteiger partial charge is 0.492 e. The van der Waals surface area contributed by atoms with Gasteiger partial charge in [0.15, 0.2) is 0 Å². The Balaban J connectivity index is 1.60. The van der Waals surface area contributed by atoms with Gasteiger partial charge in [0.2, 0.25) is 0 Å². The Hall–Kier alpha value is -1.10. The molecule has 1 aliphatic heterocycles. The average Bonchev–Trinajstić information content (AvgIpc) is 2.92. The minimum absolute atomic E-state index is 0.394. The average molecular weight is 265 g/mol. The van der Waals surface area contributed by atoms with Crippen molar-refractivity contribution in [3.05, 3.63) is 29.8 Å². The van der Waals surface area contributed by atoms with E-state index >= 15 is 0 Å². The standard InChI is InChI=1S/C15H23NO3/c1-17-12-13-4-2-5-14(10-13)19-9-7-16-11-15-6-3-8-18-15/h2,4-5,10,15-16H,3,6-9,11-12H2,1H3. The molecule has 2 rings (SSSR count). The van der Waals surface area contributed by atoms with Gasteiger partial charge in [0.05, 0.1) is 12.7 Å². The molecule has 0 spiro atoms. The maximum Gasteiger partial charge on any atom is 0.119 e. The number of benzene rings is 1. The third kappa shape index (κ3) is 5.19. The maximum absolute atomic E-state index is 5.70. The molecule has 1 heterocycles. The van der Waals surface area contributed by atoms with E-state index in [-0.39, 0.29) is 0 Å². The van der Waals surface area contributed by atoms with Crippen LogP contribution in [0.4, 0.5) is 0 Å². The van der Waals surface area contributed by atoms with Crippen molar-refractivity contribution in [2.24, 2.45) is 0 Å². The number of methoxy groups -OCH3 is 1. The Morgan fingerprint density at radius 1 is 1.42 bits per heavy atom. The first-order valence-corrected chi connectivity index (χ1v) is 6.91. The predicted molar refractivity (Wildman–Crippen MR) is 74.5 cm³/mol. The van der Waals surface area contributed by atoms with Crippen LogP contribution in [-0.2, 0) is 16.1 Å². The van der Waals surface area contributed by atoms with Gasteiger partial charge < -0.3 is 19.5 Å². The summed E-state index contributed by atoms with van der Waals surface area (Å²) >= 11 is 0. The lowest BCUT2D eigenvalue weighted by atomic mass is 10.2. The van der Waals surface area contributed by atoms with Crippen molar-refractivity contribution >= 4 is 0 Å². The minimum Gasteiger partial charge on any atom is -0.492 e. The van der Waals surface area contributed by atoms with Crippen molar-refractivity contribution in [3.63, 3.8) is 0 Å². The van der Waals surface area contributed by atoms with E-state index in [0.717, 1.165) is 31.0 Å². The number of hydrogen-bond donors (Lipinski definition) is 1. The van der Waals surface area contributed by atoms with Gasteiger partial charge in [-0.3, -0.25) is 0 Å². The van der Waals surface area contributed by atoms with Gasteiger partial charge in [-0.2, -0.15) is 0 Å². The summed E-state index contributed by atoms with van der Waals surface area (Å²) in [6.45, 7) is 3.97. The van der Waals surface area contributed by atoms with Gasteiger partial charge in [-0.15, -0.1) is 0 Å². The summed E-state index contributed by atoms with van der Waals surface area (Å²) in [5.41, 5.74) is 1.13. The lowest BCUT2D eigenvalue weighted by Gasteiger charge is -2.11. The third-order valence-corrected chi connectivity index (χ3v) is 3.15. The predicted octanol–water partition coefficient (Wildman–Crippen LogP) is 1.98. The SMILES string of the molecule is COCc1cccc(OCCNCC2CCCO2)c1. The Bertz CT molecular complexity index is 364. The Kier molecular flexibility index (Phi) is 6.14. The first kappa shape index (κ1) is 14.3. The van der Waals surface area contributed by atoms with Crippen LogP contribution in [0.25, 0.3) is 0 Å². The van der Waals surface area contributed by atoms with Gasteiger partial charge in [0.1, 0.15) is 12.4 Å². The first-order valence-electron chi connectivity index (χ1n) is 6.91. The Morgan fingerprint density at radius 3 is 3.16 bits per heavy atom. The fraction of sp³-hybridized carbons (Fsp3) is 0.600. The summed E-state index contributed by atoms with van der Waals surface area (Å²) in [6, 6.07) is 8.01. The van der Waals surface area contributed by atoms with Crippen molar-refractivity contribution in [1.82, 2.24) is 5.32 Å². The number of ether oxygens (including phenoxy) is 3. The molecule has 19 heavy (non-hydrogen) atoms. The molecule has 1 fully saturated rings. The number of hydrogen-bond acceptors (Lipinski definition) is 4. The van der Waals surface area contributed by atoms with Crippen LogP contribution in [0.3, 0.4) is 0 Å². The van der Waals surface area contributed by atoms with Crippen LogP contribution in [-0.4, -0.2) is 39.5 Å². The molecule has 0 aromatic heterocycles. The molecule has 4 heteroatoms. The zero-order chi connectivity index (χ0) is 13.3. The van der Waals surface area contributed by atoms with Crippen molar-refractivity contribution in [2.45, 2.75) is 25.6 Å². The Labute approximate surface area is 115 Å². The van der Waals surface area contributed by atoms with Gasteiger partial charge in [-0.05, 0) is 30.5 Å². The fourth-order valence-electron chi connectivity index (χ4n) is 2.20. The van der Waals surface area contributed by atoms with E-state index < -0.39 is 0 Å². The second-order valence-corrected chi connectivity index (χ2v) is 4.77. The van der Waals surface area contributed by atoms with Crippen molar-refractivity contribution in [2.75, 3.05) is 33.4 Å². The summed E-state index contributed by atoms with van der Waals surface area (Å²) in [6.07, 6.45) is 2.76. The summed E-state index contributed by atoms with van der Waals surface area (Å²) < 4.78 is 16.3. The number of rotatable bonds is 8. The van der Waals surface area contributed by atoms with E-state index in [9.17, 15) is 0 Å². The zero-order valence-corrected chi connectivity index (χ0v) is 11.6. The van der Waals surface area contributed by atoms with Gasteiger partial charge in [-0.1, -0.05) is 12.1 Å². The lowest BCUT2D eigenvalue weighted by molar-refractivity contribution is 0.109. The van der Waals surface area contributed by atoms with E-state index in [1.807, 2.05) is 24.3 Å². The molecule has 1 aromatic carbocycles. The first-order chi connectivity index (χ1) is 9.38. The smallest absolute Gasteiger partial charge is 0.119 e. The maximum atomic E-state index is 5.70. The highest BCUT2D eigenvalue weighted by molar-refractivity contribution is 5.28. The minimum atomic E-state index is 0.394. The van der Waals surface area contributed by atoms with Gasteiger partial charge in [-0.25, -0.2) is 0 Å². The van der Waals surface area contributed by atoms with Crippen LogP contribution < -0.4 is 10.1 Å². The molecule has 0 bridgehead atoms. The molecule has 0 saturated carbocycles. The summed E-state index contributed by atoms with van der Waals surface area (Å²) in [5.74, 6) is 0.897. The summed E-state index contributed by atoms with van der Waals surface area (Å²) in [7, 11) is 1.70. The van der Waals surface area contributed by atoms with E-state index in [1.165, 1.54) is 12.8 Å². The highest BCUT2D eigenvalue weighted by Gasteiger charge is 2.14. The Morgan fingerprint density at radius 2 is 2.37 bits per heavy atom. The normalized spacial score (nSPS) is 18.7. The molecule has 0 amide bonds. The molecular formula is C15H23NO3. The molecular weight excluding hydrogens is 242 g/mol. The van der Waals surface area contributed by atoms with Crippen LogP contribution in [0.15, 0.2) is 24.3 Å². The van der Waals surface area contributed by atoms with Gasteiger partial charge >= 0.3 is 0 Å². The van der Waals surface area contributed by atoms with E-state index in [0.29, 0.717) is 19.3 Å². The highest BCUT2D eigenvalue weighted by atomic mass is 16.5. The van der Waals surface area contributed by atoms with Crippen LogP contribution in [0.1, 0.15) is 18.4 Å². The molecule has 0 aliphatic carbocycles. The number of nitrogens with one attached hydrogen (secondary N) is 1.